The van der Waals surface area contributed by atoms with E-state index in [0.717, 1.165) is 103 Å². The van der Waals surface area contributed by atoms with Crippen LogP contribution >= 0.6 is 0 Å². The van der Waals surface area contributed by atoms with E-state index in [1.165, 1.54) is 173 Å². The van der Waals surface area contributed by atoms with Crippen LogP contribution in [0.1, 0.15) is 323 Å². The molecule has 0 saturated carbocycles. The number of aliphatic hydroxyl groups is 5. The minimum atomic E-state index is -1.63. The number of allylic oxidation sites excluding steroid dienone is 15. The number of unbranched alkanes of at least 4 members (excludes halogenated alkanes) is 35. The average molecular weight is 1250 g/mol. The number of aliphatic hydroxyl groups excluding tert-OH is 5. The summed E-state index contributed by atoms with van der Waals surface area (Å²) in [5.41, 5.74) is 0. The van der Waals surface area contributed by atoms with E-state index < -0.39 is 67.4 Å². The molecule has 0 bridgehead atoms. The van der Waals surface area contributed by atoms with Gasteiger partial charge in [-0.25, -0.2) is 0 Å². The van der Waals surface area contributed by atoms with Gasteiger partial charge in [0.15, 0.2) is 12.4 Å². The Balaban J connectivity index is 2.54. The summed E-state index contributed by atoms with van der Waals surface area (Å²) < 4.78 is 17.7. The number of carbonyl (C=O) groups excluding carboxylic acids is 2. The highest BCUT2D eigenvalue weighted by Crippen LogP contribution is 2.26. The Morgan fingerprint density at radius 1 is 0.449 bits per heavy atom. The van der Waals surface area contributed by atoms with E-state index in [1.54, 1.807) is 6.08 Å². The molecule has 0 aromatic carbocycles. The van der Waals surface area contributed by atoms with E-state index in [2.05, 4.69) is 111 Å². The van der Waals surface area contributed by atoms with Crippen molar-refractivity contribution >= 4 is 11.9 Å². The first-order valence-corrected chi connectivity index (χ1v) is 37.0. The second-order valence-electron chi connectivity index (χ2n) is 25.3. The lowest BCUT2D eigenvalue weighted by Crippen LogP contribution is -2.61. The molecule has 11 nitrogen and oxygen atoms in total. The standard InChI is InChI=1S/C78H137NO10/c1-4-7-10-13-16-19-22-24-26-28-30-32-34-35-36-38-39-41-43-45-47-50-53-56-59-62-65-71(82)77(86)79-69(70(81)64-61-58-55-52-49-21-18-15-12-9-6-3)68-87-78-76(75(85)74(84)72(67-80)88-78)89-73(83)66-63-60-57-54-51-48-46-44-42-40-37-33-31-29-27-25-23-20-17-14-11-8-5-2/h8,11,17,20,24-27,31,33,40,42,46,48,61,64,69-72,74-76,78,80-82,84-85H,4-7,9-10,12-16,18-19,21-23,28-30,32,34-39,41,43-45,47,49-60,62-63,65-68H2,1-3H3,(H,79,86)/b11-8-,20-17-,26-24+,27-25-,33-31-,42-40-,48-46-,64-61+. The number of hydrogen-bond donors (Lipinski definition) is 6. The maximum absolute atomic E-state index is 13.5. The average Bonchev–Trinajstić information content (AvgIpc) is 1.97. The number of ether oxygens (including phenoxy) is 3. The zero-order valence-electron chi connectivity index (χ0n) is 57.3. The fourth-order valence-electron chi connectivity index (χ4n) is 11.2. The smallest absolute Gasteiger partial charge is 0.306 e. The van der Waals surface area contributed by atoms with E-state index >= 15 is 0 Å². The zero-order valence-corrected chi connectivity index (χ0v) is 57.3. The molecular weight excluding hydrogens is 1110 g/mol. The van der Waals surface area contributed by atoms with Crippen molar-refractivity contribution in [3.63, 3.8) is 0 Å². The molecule has 6 N–H and O–H groups in total. The number of hydrogen-bond acceptors (Lipinski definition) is 10. The topological polar surface area (TPSA) is 175 Å². The summed E-state index contributed by atoms with van der Waals surface area (Å²) in [7, 11) is 0. The van der Waals surface area contributed by atoms with Gasteiger partial charge in [-0.15, -0.1) is 0 Å². The van der Waals surface area contributed by atoms with Gasteiger partial charge >= 0.3 is 5.97 Å². The van der Waals surface area contributed by atoms with Gasteiger partial charge in [0.05, 0.1) is 25.4 Å². The van der Waals surface area contributed by atoms with Crippen LogP contribution in [0.2, 0.25) is 0 Å². The van der Waals surface area contributed by atoms with Crippen LogP contribution in [0, 0.1) is 0 Å². The van der Waals surface area contributed by atoms with Gasteiger partial charge in [0.25, 0.3) is 0 Å². The third kappa shape index (κ3) is 51.7. The predicted molar refractivity (Wildman–Crippen MR) is 375 cm³/mol. The molecule has 0 aromatic heterocycles. The van der Waals surface area contributed by atoms with Gasteiger partial charge in [0, 0.05) is 6.42 Å². The molecule has 1 fully saturated rings. The Morgan fingerprint density at radius 2 is 0.809 bits per heavy atom. The fourth-order valence-corrected chi connectivity index (χ4v) is 11.2. The Kier molecular flexibility index (Phi) is 60.7. The van der Waals surface area contributed by atoms with Crippen molar-refractivity contribution in [2.75, 3.05) is 13.2 Å². The second-order valence-corrected chi connectivity index (χ2v) is 25.3. The van der Waals surface area contributed by atoms with Crippen LogP contribution < -0.4 is 5.32 Å². The minimum absolute atomic E-state index is 0.0903. The van der Waals surface area contributed by atoms with E-state index in [0.29, 0.717) is 12.8 Å². The molecule has 1 aliphatic rings. The second kappa shape index (κ2) is 64.7. The summed E-state index contributed by atoms with van der Waals surface area (Å²) in [6.07, 6.45) is 77.4. The van der Waals surface area contributed by atoms with Gasteiger partial charge in [0.1, 0.15) is 24.4 Å². The maximum atomic E-state index is 13.5. The molecule has 514 valence electrons. The molecule has 1 heterocycles. The summed E-state index contributed by atoms with van der Waals surface area (Å²) >= 11 is 0. The number of carbonyl (C=O) groups is 2. The molecule has 0 aliphatic carbocycles. The highest BCUT2D eigenvalue weighted by atomic mass is 16.7. The van der Waals surface area contributed by atoms with Gasteiger partial charge in [-0.3, -0.25) is 9.59 Å². The summed E-state index contributed by atoms with van der Waals surface area (Å²) in [5, 5.41) is 57.3. The molecule has 0 aromatic rings. The molecule has 0 radical (unpaired) electrons. The SMILES string of the molecule is CC/C=C\C/C=C\C/C=C\C/C=C\C/C=C\C/C=C\CCCCCCC(=O)OC1C(OCC(NC(=O)C(O)CCCCCCCCCCCCCCCCCC/C=C/CCCCCCCC)C(O)/C=C/CCCCCCCCCCC)OC(CO)C(O)C1O. The van der Waals surface area contributed by atoms with E-state index in [-0.39, 0.29) is 19.4 Å². The molecule has 8 unspecified atom stereocenters. The van der Waals surface area contributed by atoms with Crippen molar-refractivity contribution in [3.05, 3.63) is 97.2 Å². The highest BCUT2D eigenvalue weighted by Gasteiger charge is 2.47. The van der Waals surface area contributed by atoms with E-state index in [1.807, 2.05) is 6.08 Å². The van der Waals surface area contributed by atoms with Crippen LogP contribution in [0.15, 0.2) is 97.2 Å². The molecule has 1 amide bonds. The normalized spacial score (nSPS) is 18.7. The molecule has 89 heavy (non-hydrogen) atoms. The summed E-state index contributed by atoms with van der Waals surface area (Å²) in [4.78, 5) is 26.7. The van der Waals surface area contributed by atoms with Crippen molar-refractivity contribution < 1.29 is 49.3 Å². The largest absolute Gasteiger partial charge is 0.454 e. The van der Waals surface area contributed by atoms with Crippen molar-refractivity contribution in [2.45, 2.75) is 372 Å². The molecule has 1 aliphatic heterocycles. The third-order valence-corrected chi connectivity index (χ3v) is 17.0. The Bertz CT molecular complexity index is 1820. The number of nitrogens with one attached hydrogen (secondary N) is 1. The van der Waals surface area contributed by atoms with Crippen LogP contribution in [0.25, 0.3) is 0 Å². The van der Waals surface area contributed by atoms with Crippen LogP contribution in [0.3, 0.4) is 0 Å². The van der Waals surface area contributed by atoms with Gasteiger partial charge in [0.2, 0.25) is 5.91 Å². The molecular formula is C78H137NO10. The predicted octanol–water partition coefficient (Wildman–Crippen LogP) is 19.4. The van der Waals surface area contributed by atoms with Gasteiger partial charge in [-0.05, 0) is 103 Å². The van der Waals surface area contributed by atoms with Crippen LogP contribution in [-0.4, -0.2) is 99.6 Å². The third-order valence-electron chi connectivity index (χ3n) is 17.0. The number of esters is 1. The molecule has 1 rings (SSSR count). The first-order chi connectivity index (χ1) is 43.7. The van der Waals surface area contributed by atoms with Crippen molar-refractivity contribution in [1.29, 1.82) is 0 Å². The number of rotatable bonds is 63. The first-order valence-electron chi connectivity index (χ1n) is 37.0. The maximum Gasteiger partial charge on any atom is 0.306 e. The number of amides is 1. The van der Waals surface area contributed by atoms with Crippen molar-refractivity contribution in [2.24, 2.45) is 0 Å². The van der Waals surface area contributed by atoms with Gasteiger partial charge < -0.3 is 45.1 Å². The first kappa shape index (κ1) is 83.6. The monoisotopic (exact) mass is 1250 g/mol. The van der Waals surface area contributed by atoms with Crippen molar-refractivity contribution in [3.8, 4) is 0 Å². The summed E-state index contributed by atoms with van der Waals surface area (Å²) in [6, 6.07) is -1.03. The zero-order chi connectivity index (χ0) is 64.6. The van der Waals surface area contributed by atoms with Crippen LogP contribution in [0.5, 0.6) is 0 Å². The van der Waals surface area contributed by atoms with Crippen molar-refractivity contribution in [1.82, 2.24) is 5.32 Å². The van der Waals surface area contributed by atoms with Gasteiger partial charge in [-0.1, -0.05) is 311 Å². The Labute approximate surface area is 546 Å². The molecule has 0 spiro atoms. The highest BCUT2D eigenvalue weighted by molar-refractivity contribution is 5.80. The molecule has 8 atom stereocenters. The van der Waals surface area contributed by atoms with E-state index in [9.17, 15) is 35.1 Å². The molecule has 11 heteroatoms. The Morgan fingerprint density at radius 3 is 1.22 bits per heavy atom. The lowest BCUT2D eigenvalue weighted by atomic mass is 9.99. The minimum Gasteiger partial charge on any atom is -0.454 e. The van der Waals surface area contributed by atoms with Gasteiger partial charge in [-0.2, -0.15) is 0 Å². The quantitative estimate of drug-likeness (QED) is 0.0195. The molecule has 1 saturated heterocycles. The van der Waals surface area contributed by atoms with Crippen LogP contribution in [-0.2, 0) is 23.8 Å². The fraction of sp³-hybridized carbons (Fsp3) is 0.769. The van der Waals surface area contributed by atoms with E-state index in [4.69, 9.17) is 14.2 Å². The lowest BCUT2D eigenvalue weighted by molar-refractivity contribution is -0.305. The summed E-state index contributed by atoms with van der Waals surface area (Å²) in [5.74, 6) is -1.22. The Hall–Kier alpha value is -3.42. The summed E-state index contributed by atoms with van der Waals surface area (Å²) in [6.45, 7) is 5.68. The lowest BCUT2D eigenvalue weighted by Gasteiger charge is -2.41. The van der Waals surface area contributed by atoms with Crippen LogP contribution in [0.4, 0.5) is 0 Å².